The lowest BCUT2D eigenvalue weighted by Gasteiger charge is -2.67. The van der Waals surface area contributed by atoms with Gasteiger partial charge in [0.1, 0.15) is 30.0 Å². The summed E-state index contributed by atoms with van der Waals surface area (Å²) in [5.74, 6) is -7.47. The minimum Gasteiger partial charge on any atom is -0.455 e. The van der Waals surface area contributed by atoms with E-state index in [-0.39, 0.29) is 48.2 Å². The largest absolute Gasteiger partial charge is 0.455 e. The SMILES string of the molecule is CCCC(=O)O[C@@H](C(=O)O[C@H]1C[C@@]2(O)[C@@H](OC(=O)C3=CC=CCC3)[C@@H]3[C@]4(OC(C)=O)CO[C@@H]4C[C@H](O)[C@@]3(C)C(=O)[C@H](OC(C)=O)C(=C1C)C2(C)C)[C@@H](NC(=O)c1ccccc1)c1ccccc1. The summed E-state index contributed by atoms with van der Waals surface area (Å²) in [6.45, 7) is 9.79. The van der Waals surface area contributed by atoms with Gasteiger partial charge in [0.2, 0.25) is 6.10 Å². The minimum absolute atomic E-state index is 0.00275. The third-order valence-electron chi connectivity index (χ3n) is 14.4. The maximum absolute atomic E-state index is 15.7. The Bertz CT molecular complexity index is 2390. The van der Waals surface area contributed by atoms with Gasteiger partial charge in [-0.3, -0.25) is 24.0 Å². The number of benzene rings is 2. The molecule has 0 spiro atoms. The van der Waals surface area contributed by atoms with E-state index in [0.717, 1.165) is 13.8 Å². The molecule has 16 heteroatoms. The smallest absolute Gasteiger partial charge is 0.350 e. The molecule has 0 aromatic heterocycles. The summed E-state index contributed by atoms with van der Waals surface area (Å²) in [7, 11) is 0. The molecule has 11 atom stereocenters. The van der Waals surface area contributed by atoms with Gasteiger partial charge in [0.05, 0.1) is 24.0 Å². The predicted octanol–water partition coefficient (Wildman–Crippen LogP) is 5.05. The molecule has 4 aliphatic carbocycles. The van der Waals surface area contributed by atoms with Crippen LogP contribution in [0.4, 0.5) is 0 Å². The van der Waals surface area contributed by atoms with E-state index >= 15 is 9.59 Å². The number of fused-ring (bicyclic) bond motifs is 5. The van der Waals surface area contributed by atoms with Crippen LogP contribution in [0.2, 0.25) is 0 Å². The summed E-state index contributed by atoms with van der Waals surface area (Å²) in [5, 5.41) is 28.9. The second-order valence-corrected chi connectivity index (χ2v) is 18.9. The van der Waals surface area contributed by atoms with Gasteiger partial charge in [-0.25, -0.2) is 9.59 Å². The lowest BCUT2D eigenvalue weighted by molar-refractivity contribution is -0.347. The Morgan fingerprint density at radius 3 is 2.18 bits per heavy atom. The van der Waals surface area contributed by atoms with Crippen LogP contribution < -0.4 is 5.32 Å². The molecule has 2 aromatic rings. The Morgan fingerprint density at radius 1 is 0.925 bits per heavy atom. The second-order valence-electron chi connectivity index (χ2n) is 18.9. The summed E-state index contributed by atoms with van der Waals surface area (Å²) in [5.41, 5.74) is -6.89. The Labute approximate surface area is 389 Å². The maximum Gasteiger partial charge on any atom is 0.350 e. The Kier molecular flexibility index (Phi) is 13.9. The quantitative estimate of drug-likeness (QED) is 0.136. The van der Waals surface area contributed by atoms with Crippen molar-refractivity contribution in [3.8, 4) is 0 Å². The van der Waals surface area contributed by atoms with E-state index in [1.165, 1.54) is 13.8 Å². The van der Waals surface area contributed by atoms with Crippen LogP contribution in [0.3, 0.4) is 0 Å². The summed E-state index contributed by atoms with van der Waals surface area (Å²) in [4.78, 5) is 98.6. The molecule has 0 radical (unpaired) electrons. The molecule has 7 rings (SSSR count). The summed E-state index contributed by atoms with van der Waals surface area (Å²) >= 11 is 0. The molecule has 5 aliphatic rings. The van der Waals surface area contributed by atoms with Crippen molar-refractivity contribution < 1.29 is 72.2 Å². The molecule has 2 saturated carbocycles. The highest BCUT2D eigenvalue weighted by atomic mass is 16.6. The molecule has 2 aromatic carbocycles. The zero-order chi connectivity index (χ0) is 48.6. The number of aliphatic hydroxyl groups excluding tert-OH is 1. The van der Waals surface area contributed by atoms with Crippen molar-refractivity contribution in [3.05, 3.63) is 107 Å². The van der Waals surface area contributed by atoms with E-state index < -0.39 is 119 Å². The van der Waals surface area contributed by atoms with Gasteiger partial charge in [-0.2, -0.15) is 0 Å². The molecule has 2 bridgehead atoms. The van der Waals surface area contributed by atoms with Gasteiger partial charge in [-0.1, -0.05) is 87.5 Å². The molecule has 1 saturated heterocycles. The molecule has 1 aliphatic heterocycles. The first kappa shape index (κ1) is 48.9. The van der Waals surface area contributed by atoms with Crippen LogP contribution in [-0.2, 0) is 57.2 Å². The Balaban J connectivity index is 1.42. The van der Waals surface area contributed by atoms with E-state index in [0.29, 0.717) is 18.4 Å². The summed E-state index contributed by atoms with van der Waals surface area (Å²) < 4.78 is 36.7. The fourth-order valence-corrected chi connectivity index (χ4v) is 10.9. The normalized spacial score (nSPS) is 31.4. The fraction of sp³-hybridized carbons (Fsp3) is 0.510. The maximum atomic E-state index is 15.7. The van der Waals surface area contributed by atoms with E-state index in [4.69, 9.17) is 28.4 Å². The number of allylic oxidation sites excluding steroid dienone is 3. The number of hydrogen-bond donors (Lipinski definition) is 3. The van der Waals surface area contributed by atoms with Gasteiger partial charge < -0.3 is 44.0 Å². The topological polar surface area (TPSA) is 227 Å². The minimum atomic E-state index is -2.41. The molecule has 3 N–H and O–H groups in total. The van der Waals surface area contributed by atoms with Crippen LogP contribution >= 0.6 is 0 Å². The highest BCUT2D eigenvalue weighted by molar-refractivity contribution is 5.96. The average Bonchev–Trinajstić information content (AvgIpc) is 3.29. The number of Topliss-reactive ketones (excluding diaryl/α,β-unsaturated/α-hetero) is 1. The van der Waals surface area contributed by atoms with Crippen molar-refractivity contribution in [2.24, 2.45) is 16.7 Å². The third kappa shape index (κ3) is 8.75. The van der Waals surface area contributed by atoms with Crippen LogP contribution in [0.15, 0.2) is 95.6 Å². The molecule has 3 fully saturated rings. The van der Waals surface area contributed by atoms with E-state index in [1.54, 1.807) is 93.6 Å². The average molecular weight is 926 g/mol. The molecule has 16 nitrogen and oxygen atoms in total. The highest BCUT2D eigenvalue weighted by Crippen LogP contribution is 2.64. The number of amides is 1. The zero-order valence-corrected chi connectivity index (χ0v) is 38.8. The van der Waals surface area contributed by atoms with Crippen LogP contribution in [0.1, 0.15) is 109 Å². The summed E-state index contributed by atoms with van der Waals surface area (Å²) in [6, 6.07) is 15.2. The van der Waals surface area contributed by atoms with Crippen LogP contribution in [0, 0.1) is 16.7 Å². The predicted molar refractivity (Wildman–Crippen MR) is 237 cm³/mol. The first-order valence-electron chi connectivity index (χ1n) is 22.7. The van der Waals surface area contributed by atoms with E-state index in [1.807, 2.05) is 6.08 Å². The van der Waals surface area contributed by atoms with Gasteiger partial charge in [0.25, 0.3) is 5.91 Å². The van der Waals surface area contributed by atoms with Crippen LogP contribution in [0.25, 0.3) is 0 Å². The number of ether oxygens (including phenoxy) is 6. The molecule has 358 valence electrons. The molecule has 1 amide bonds. The number of hydrogen-bond acceptors (Lipinski definition) is 15. The molecule has 0 unspecified atom stereocenters. The lowest BCUT2D eigenvalue weighted by Crippen LogP contribution is -2.82. The van der Waals surface area contributed by atoms with Gasteiger partial charge in [0.15, 0.2) is 17.5 Å². The van der Waals surface area contributed by atoms with Gasteiger partial charge in [-0.05, 0) is 62.0 Å². The standard InChI is InChI=1S/C51H59NO15/c1-8-18-37(56)65-41(39(31-19-12-9-13-20-31)52-45(58)32-21-14-10-15-22-32)47(60)64-34-26-51(61)44(66-46(59)33-23-16-11-17-24-33)42-49(7,35(55)25-36-50(42,27-62-36)67-30(4)54)43(57)40(63-29(3)53)38(28(34)2)48(51,5)6/h9-16,19-23,34-36,39-42,44,55,61H,8,17-18,24-27H2,1-7H3,(H,52,58)/t34-,35-,36+,39-,40+,41+,42-,44-,49+,50-,51+/m0/s1. The highest BCUT2D eigenvalue weighted by Gasteiger charge is 2.78. The lowest BCUT2D eigenvalue weighted by atomic mass is 9.44. The molecule has 67 heavy (non-hydrogen) atoms. The van der Waals surface area contributed by atoms with Crippen molar-refractivity contribution in [3.63, 3.8) is 0 Å². The Morgan fingerprint density at radius 2 is 1.60 bits per heavy atom. The van der Waals surface area contributed by atoms with Crippen molar-refractivity contribution in [1.82, 2.24) is 5.32 Å². The van der Waals surface area contributed by atoms with E-state index in [9.17, 15) is 34.2 Å². The van der Waals surface area contributed by atoms with Crippen molar-refractivity contribution in [2.75, 3.05) is 6.61 Å². The first-order chi connectivity index (χ1) is 31.7. The third-order valence-corrected chi connectivity index (χ3v) is 14.4. The van der Waals surface area contributed by atoms with Crippen molar-refractivity contribution in [1.29, 1.82) is 0 Å². The zero-order valence-electron chi connectivity index (χ0n) is 38.8. The Hall–Kier alpha value is -5.97. The second kappa shape index (κ2) is 19.0. The number of aliphatic hydroxyl groups is 2. The van der Waals surface area contributed by atoms with Crippen molar-refractivity contribution >= 4 is 41.5 Å². The molecular weight excluding hydrogens is 867 g/mol. The van der Waals surface area contributed by atoms with Crippen molar-refractivity contribution in [2.45, 2.75) is 141 Å². The molecular formula is C51H59NO15. The molecule has 1 heterocycles. The van der Waals surface area contributed by atoms with Gasteiger partial charge in [0, 0.05) is 49.7 Å². The first-order valence-corrected chi connectivity index (χ1v) is 22.7. The van der Waals surface area contributed by atoms with Crippen LogP contribution in [0.5, 0.6) is 0 Å². The number of nitrogens with one attached hydrogen (secondary N) is 1. The number of carbonyl (C=O) groups is 7. The fourth-order valence-electron chi connectivity index (χ4n) is 10.9. The summed E-state index contributed by atoms with van der Waals surface area (Å²) in [6.07, 6.45) is -4.21. The van der Waals surface area contributed by atoms with Crippen LogP contribution in [-0.4, -0.2) is 106 Å². The number of esters is 5. The monoisotopic (exact) mass is 925 g/mol. The van der Waals surface area contributed by atoms with E-state index in [2.05, 4.69) is 5.32 Å². The van der Waals surface area contributed by atoms with Gasteiger partial charge >= 0.3 is 29.8 Å². The number of carbonyl (C=O) groups excluding carboxylic acids is 7. The number of rotatable bonds is 13. The number of ketones is 1. The van der Waals surface area contributed by atoms with Gasteiger partial charge in [-0.15, -0.1) is 0 Å².